The predicted molar refractivity (Wildman–Crippen MR) is 175 cm³/mol. The summed E-state index contributed by atoms with van der Waals surface area (Å²) >= 11 is 0. The quantitative estimate of drug-likeness (QED) is 0.122. The molecule has 9 nitrogen and oxygen atoms in total. The summed E-state index contributed by atoms with van der Waals surface area (Å²) in [5.74, 6) is 0. The van der Waals surface area contributed by atoms with Crippen LogP contribution in [0.3, 0.4) is 0 Å². The van der Waals surface area contributed by atoms with Crippen molar-refractivity contribution < 1.29 is 41.8 Å². The molecule has 4 aromatic rings. The highest BCUT2D eigenvalue weighted by Gasteiger charge is 2.52. The fraction of sp³-hybridized carbons (Fsp3) is 0.351. The normalized spacial score (nSPS) is 24.1. The lowest BCUT2D eigenvalue weighted by Crippen LogP contribution is -2.61. The number of rotatable bonds is 15. The van der Waals surface area contributed by atoms with Crippen LogP contribution in [0.4, 0.5) is 0 Å². The van der Waals surface area contributed by atoms with Gasteiger partial charge in [0.2, 0.25) is 0 Å². The molecule has 0 unspecified atom stereocenters. The van der Waals surface area contributed by atoms with Gasteiger partial charge in [0.15, 0.2) is 6.29 Å². The van der Waals surface area contributed by atoms with Crippen molar-refractivity contribution >= 4 is 7.82 Å². The van der Waals surface area contributed by atoms with Crippen LogP contribution in [-0.2, 0) is 68.2 Å². The van der Waals surface area contributed by atoms with E-state index in [1.54, 1.807) is 0 Å². The van der Waals surface area contributed by atoms with Gasteiger partial charge in [-0.3, -0.25) is 13.6 Å². The summed E-state index contributed by atoms with van der Waals surface area (Å²) in [5.41, 5.74) is 3.93. The molecule has 6 rings (SSSR count). The van der Waals surface area contributed by atoms with Gasteiger partial charge in [-0.25, -0.2) is 4.57 Å². The third-order valence-corrected chi connectivity index (χ3v) is 9.32. The largest absolute Gasteiger partial charge is 0.477 e. The molecule has 0 spiro atoms. The first-order valence-electron chi connectivity index (χ1n) is 16.0. The van der Waals surface area contributed by atoms with Crippen LogP contribution in [0.2, 0.25) is 0 Å². The summed E-state index contributed by atoms with van der Waals surface area (Å²) in [6.45, 7) is 1.82. The molecule has 0 N–H and O–H groups in total. The summed E-state index contributed by atoms with van der Waals surface area (Å²) in [4.78, 5) is 0. The molecule has 0 bridgehead atoms. The topological polar surface area (TPSA) is 90.9 Å². The predicted octanol–water partition coefficient (Wildman–Crippen LogP) is 7.25. The zero-order valence-electron chi connectivity index (χ0n) is 26.2. The van der Waals surface area contributed by atoms with Gasteiger partial charge in [-0.15, -0.1) is 0 Å². The summed E-state index contributed by atoms with van der Waals surface area (Å²) in [6, 6.07) is 39.5. The minimum Gasteiger partial charge on any atom is -0.374 e. The van der Waals surface area contributed by atoms with E-state index in [2.05, 4.69) is 0 Å². The molecule has 0 radical (unpaired) electrons. The van der Waals surface area contributed by atoms with Gasteiger partial charge in [-0.05, 0) is 28.7 Å². The van der Waals surface area contributed by atoms with E-state index < -0.39 is 38.5 Å². The maximum Gasteiger partial charge on any atom is 0.477 e. The van der Waals surface area contributed by atoms with Crippen LogP contribution in [0.15, 0.2) is 121 Å². The van der Waals surface area contributed by atoms with Crippen LogP contribution in [-0.4, -0.2) is 50.5 Å². The molecule has 2 saturated heterocycles. The minimum atomic E-state index is -3.94. The Kier molecular flexibility index (Phi) is 12.4. The van der Waals surface area contributed by atoms with E-state index >= 15 is 0 Å². The molecular formula is C37H41O9P. The van der Waals surface area contributed by atoms with E-state index in [0.717, 1.165) is 22.3 Å². The lowest BCUT2D eigenvalue weighted by Gasteiger charge is -2.46. The van der Waals surface area contributed by atoms with Crippen molar-refractivity contribution in [3.05, 3.63) is 144 Å². The molecule has 4 aromatic carbocycles. The van der Waals surface area contributed by atoms with Crippen LogP contribution in [0.1, 0.15) is 28.7 Å². The van der Waals surface area contributed by atoms with Gasteiger partial charge in [0.1, 0.15) is 24.4 Å². The van der Waals surface area contributed by atoms with Crippen molar-refractivity contribution in [2.45, 2.75) is 63.6 Å². The van der Waals surface area contributed by atoms with Crippen molar-refractivity contribution in [3.63, 3.8) is 0 Å². The number of hydrogen-bond donors (Lipinski definition) is 0. The molecule has 0 aromatic heterocycles. The van der Waals surface area contributed by atoms with E-state index in [4.69, 9.17) is 37.3 Å². The van der Waals surface area contributed by atoms with Crippen molar-refractivity contribution in [2.75, 3.05) is 19.8 Å². The maximum absolute atomic E-state index is 13.6. The highest BCUT2D eigenvalue weighted by atomic mass is 31.2. The Hall–Kier alpha value is -3.21. The first-order chi connectivity index (χ1) is 23.2. The van der Waals surface area contributed by atoms with E-state index in [9.17, 15) is 4.57 Å². The fourth-order valence-corrected chi connectivity index (χ4v) is 6.79. The number of phosphoric acid groups is 1. The monoisotopic (exact) mass is 660 g/mol. The molecule has 0 amide bonds. The molecule has 10 heteroatoms. The van der Waals surface area contributed by atoms with Gasteiger partial charge in [-0.2, -0.15) is 0 Å². The Bertz CT molecular complexity index is 1500. The summed E-state index contributed by atoms with van der Waals surface area (Å²) in [7, 11) is -3.94. The third kappa shape index (κ3) is 9.90. The Morgan fingerprint density at radius 1 is 0.553 bits per heavy atom. The highest BCUT2D eigenvalue weighted by Crippen LogP contribution is 2.54. The van der Waals surface area contributed by atoms with Crippen LogP contribution in [0.5, 0.6) is 0 Å². The van der Waals surface area contributed by atoms with Crippen molar-refractivity contribution in [1.82, 2.24) is 0 Å². The van der Waals surface area contributed by atoms with E-state index in [1.807, 2.05) is 121 Å². The molecular weight excluding hydrogens is 619 g/mol. The Morgan fingerprint density at radius 2 is 0.979 bits per heavy atom. The lowest BCUT2D eigenvalue weighted by molar-refractivity contribution is -0.313. The average molecular weight is 661 g/mol. The second kappa shape index (κ2) is 17.3. The van der Waals surface area contributed by atoms with Gasteiger partial charge < -0.3 is 23.7 Å². The van der Waals surface area contributed by atoms with Crippen LogP contribution >= 0.6 is 7.82 Å². The second-order valence-corrected chi connectivity index (χ2v) is 13.0. The lowest BCUT2D eigenvalue weighted by atomic mass is 9.98. The molecule has 2 aliphatic heterocycles. The standard InChI is InChI=1S/C37H41O9P/c38-47(43-22-13-23-44-47)46-37-36(42-27-32-20-11-4-12-21-32)35(41-26-31-18-9-3-10-19-31)34(40-25-30-16-7-2-8-17-30)33(45-37)28-39-24-29-14-5-1-6-15-29/h1-12,14-21,33-37H,13,22-28H2/t33-,34-,35+,36+,37+/m1/s1. The zero-order chi connectivity index (χ0) is 32.2. The van der Waals surface area contributed by atoms with Gasteiger partial charge in [0.05, 0.1) is 46.2 Å². The zero-order valence-corrected chi connectivity index (χ0v) is 27.1. The Labute approximate surface area is 276 Å². The van der Waals surface area contributed by atoms with E-state index in [0.29, 0.717) is 19.6 Å². The van der Waals surface area contributed by atoms with Gasteiger partial charge >= 0.3 is 7.82 Å². The molecule has 47 heavy (non-hydrogen) atoms. The summed E-state index contributed by atoms with van der Waals surface area (Å²) in [5, 5.41) is 0. The smallest absolute Gasteiger partial charge is 0.374 e. The number of phosphoric ester groups is 1. The number of ether oxygens (including phenoxy) is 5. The van der Waals surface area contributed by atoms with Crippen molar-refractivity contribution in [3.8, 4) is 0 Å². The SMILES string of the molecule is O=P1(O[C@@H]2O[C@H](COCc3ccccc3)[C@@H](OCc3ccccc3)[C@H](OCc3ccccc3)[C@@H]2OCc2ccccc2)OCCCO1. The minimum absolute atomic E-state index is 0.150. The first-order valence-corrected chi connectivity index (χ1v) is 17.4. The van der Waals surface area contributed by atoms with Crippen LogP contribution in [0.25, 0.3) is 0 Å². The van der Waals surface area contributed by atoms with Crippen molar-refractivity contribution in [1.29, 1.82) is 0 Å². The fourth-order valence-electron chi connectivity index (χ4n) is 5.47. The Morgan fingerprint density at radius 3 is 1.47 bits per heavy atom. The molecule has 2 heterocycles. The third-order valence-electron chi connectivity index (χ3n) is 7.86. The molecule has 2 aliphatic rings. The average Bonchev–Trinajstić information content (AvgIpc) is 3.12. The molecule has 0 aliphatic carbocycles. The maximum atomic E-state index is 13.6. The summed E-state index contributed by atoms with van der Waals surface area (Å²) < 4.78 is 63.3. The van der Waals surface area contributed by atoms with E-state index in [-0.39, 0.29) is 33.0 Å². The molecule has 0 saturated carbocycles. The van der Waals surface area contributed by atoms with Gasteiger partial charge in [-0.1, -0.05) is 121 Å². The van der Waals surface area contributed by atoms with Gasteiger partial charge in [0, 0.05) is 0 Å². The van der Waals surface area contributed by atoms with Crippen molar-refractivity contribution in [2.24, 2.45) is 0 Å². The number of hydrogen-bond acceptors (Lipinski definition) is 9. The summed E-state index contributed by atoms with van der Waals surface area (Å²) in [6.07, 6.45) is -3.48. The van der Waals surface area contributed by atoms with E-state index in [1.165, 1.54) is 0 Å². The van der Waals surface area contributed by atoms with Crippen LogP contribution in [0, 0.1) is 0 Å². The second-order valence-electron chi connectivity index (χ2n) is 11.4. The number of benzene rings is 4. The highest BCUT2D eigenvalue weighted by molar-refractivity contribution is 7.48. The molecule has 248 valence electrons. The molecule has 2 fully saturated rings. The first kappa shape index (κ1) is 33.7. The Balaban J connectivity index is 1.31. The van der Waals surface area contributed by atoms with Crippen LogP contribution < -0.4 is 0 Å². The van der Waals surface area contributed by atoms with Gasteiger partial charge in [0.25, 0.3) is 0 Å². The molecule has 5 atom stereocenters.